The largest absolute Gasteiger partial charge is 0.492 e. The van der Waals surface area contributed by atoms with E-state index in [1.165, 1.54) is 0 Å². The predicted molar refractivity (Wildman–Crippen MR) is 83.8 cm³/mol. The Kier molecular flexibility index (Phi) is 5.03. The molecule has 1 nitrogen and oxygen atoms in total. The van der Waals surface area contributed by atoms with Gasteiger partial charge in [0.15, 0.2) is 0 Å². The minimum Gasteiger partial charge on any atom is -0.492 e. The van der Waals surface area contributed by atoms with Crippen LogP contribution in [0.4, 0.5) is 0 Å². The molecule has 1 heteroatoms. The molecule has 0 aliphatic heterocycles. The van der Waals surface area contributed by atoms with E-state index in [0.29, 0.717) is 6.61 Å². The average Bonchev–Trinajstić information content (AvgIpc) is 2.47. The monoisotopic (exact) mass is 262 g/mol. The van der Waals surface area contributed by atoms with Crippen LogP contribution in [0, 0.1) is 11.8 Å². The molecule has 0 N–H and O–H groups in total. The van der Waals surface area contributed by atoms with Crippen LogP contribution in [0.5, 0.6) is 5.75 Å². The Hall–Kier alpha value is -2.46. The molecule has 0 saturated carbocycles. The Morgan fingerprint density at radius 1 is 1.00 bits per heavy atom. The molecule has 0 aliphatic rings. The summed E-state index contributed by atoms with van der Waals surface area (Å²) in [6, 6.07) is 17.8. The summed E-state index contributed by atoms with van der Waals surface area (Å²) in [6.45, 7) is 6.52. The standard InChI is InChI=1S/C19H18O/c1-16(2)14-15-20-19-11-7-6-10-18(19)13-12-17-8-4-3-5-9-17/h3-11H,1,14-15H2,2H3. The topological polar surface area (TPSA) is 9.23 Å². The summed E-state index contributed by atoms with van der Waals surface area (Å²) < 4.78 is 5.77. The first-order valence-corrected chi connectivity index (χ1v) is 6.69. The third-order valence-corrected chi connectivity index (χ3v) is 2.79. The zero-order valence-electron chi connectivity index (χ0n) is 11.7. The Labute approximate surface area is 120 Å². The van der Waals surface area contributed by atoms with Gasteiger partial charge in [-0.25, -0.2) is 0 Å². The van der Waals surface area contributed by atoms with Crippen LogP contribution in [-0.4, -0.2) is 6.61 Å². The van der Waals surface area contributed by atoms with Crippen molar-refractivity contribution in [3.05, 3.63) is 77.9 Å². The van der Waals surface area contributed by atoms with Crippen molar-refractivity contribution in [1.29, 1.82) is 0 Å². The molecule has 20 heavy (non-hydrogen) atoms. The van der Waals surface area contributed by atoms with Crippen LogP contribution < -0.4 is 4.74 Å². The van der Waals surface area contributed by atoms with Gasteiger partial charge >= 0.3 is 0 Å². The van der Waals surface area contributed by atoms with Gasteiger partial charge in [0.2, 0.25) is 0 Å². The van der Waals surface area contributed by atoms with E-state index in [0.717, 1.165) is 28.9 Å². The third-order valence-electron chi connectivity index (χ3n) is 2.79. The van der Waals surface area contributed by atoms with Gasteiger partial charge in [-0.1, -0.05) is 47.7 Å². The number of hydrogen-bond acceptors (Lipinski definition) is 1. The molecular formula is C19H18O. The fourth-order valence-electron chi connectivity index (χ4n) is 1.69. The lowest BCUT2D eigenvalue weighted by Crippen LogP contribution is -1.99. The molecule has 0 amide bonds. The van der Waals surface area contributed by atoms with Crippen LogP contribution in [0.3, 0.4) is 0 Å². The van der Waals surface area contributed by atoms with Crippen molar-refractivity contribution in [1.82, 2.24) is 0 Å². The van der Waals surface area contributed by atoms with Crippen molar-refractivity contribution >= 4 is 0 Å². The number of rotatable bonds is 4. The quantitative estimate of drug-likeness (QED) is 0.585. The number of hydrogen-bond donors (Lipinski definition) is 0. The highest BCUT2D eigenvalue weighted by Gasteiger charge is 1.99. The van der Waals surface area contributed by atoms with E-state index >= 15 is 0 Å². The summed E-state index contributed by atoms with van der Waals surface area (Å²) in [7, 11) is 0. The smallest absolute Gasteiger partial charge is 0.134 e. The fraction of sp³-hybridized carbons (Fsp3) is 0.158. The highest BCUT2D eigenvalue weighted by atomic mass is 16.5. The molecule has 0 bridgehead atoms. The number of ether oxygens (including phenoxy) is 1. The van der Waals surface area contributed by atoms with Crippen LogP contribution in [0.25, 0.3) is 0 Å². The molecule has 0 fully saturated rings. The summed E-state index contributed by atoms with van der Waals surface area (Å²) in [5.41, 5.74) is 3.04. The number of para-hydroxylation sites is 1. The maximum absolute atomic E-state index is 5.77. The van der Waals surface area contributed by atoms with Gasteiger partial charge in [0.05, 0.1) is 12.2 Å². The van der Waals surface area contributed by atoms with E-state index in [2.05, 4.69) is 18.4 Å². The van der Waals surface area contributed by atoms with E-state index < -0.39 is 0 Å². The molecule has 0 spiro atoms. The SMILES string of the molecule is C=C(C)CCOc1ccccc1C#Cc1ccccc1. The minimum absolute atomic E-state index is 0.638. The van der Waals surface area contributed by atoms with Gasteiger partial charge in [-0.15, -0.1) is 6.58 Å². The summed E-state index contributed by atoms with van der Waals surface area (Å²) in [5, 5.41) is 0. The first-order valence-electron chi connectivity index (χ1n) is 6.69. The highest BCUT2D eigenvalue weighted by Crippen LogP contribution is 2.17. The highest BCUT2D eigenvalue weighted by molar-refractivity contribution is 5.49. The van der Waals surface area contributed by atoms with E-state index in [1.54, 1.807) is 0 Å². The minimum atomic E-state index is 0.638. The lowest BCUT2D eigenvalue weighted by molar-refractivity contribution is 0.321. The van der Waals surface area contributed by atoms with Gasteiger partial charge in [0.25, 0.3) is 0 Å². The second-order valence-electron chi connectivity index (χ2n) is 4.67. The van der Waals surface area contributed by atoms with Crippen molar-refractivity contribution in [2.75, 3.05) is 6.61 Å². The van der Waals surface area contributed by atoms with Gasteiger partial charge in [-0.2, -0.15) is 0 Å². The van der Waals surface area contributed by atoms with E-state index in [4.69, 9.17) is 4.74 Å². The lowest BCUT2D eigenvalue weighted by Gasteiger charge is -2.07. The van der Waals surface area contributed by atoms with E-state index in [1.807, 2.05) is 61.5 Å². The first-order chi connectivity index (χ1) is 9.75. The van der Waals surface area contributed by atoms with Crippen LogP contribution in [-0.2, 0) is 0 Å². The Morgan fingerprint density at radius 3 is 2.45 bits per heavy atom. The molecule has 2 rings (SSSR count). The predicted octanol–water partition coefficient (Wildman–Crippen LogP) is 4.43. The van der Waals surface area contributed by atoms with Crippen LogP contribution in [0.2, 0.25) is 0 Å². The molecule has 0 radical (unpaired) electrons. The second kappa shape index (κ2) is 7.21. The molecular weight excluding hydrogens is 244 g/mol. The van der Waals surface area contributed by atoms with Crippen molar-refractivity contribution in [3.63, 3.8) is 0 Å². The molecule has 0 heterocycles. The summed E-state index contributed by atoms with van der Waals surface area (Å²) in [6.07, 6.45) is 0.862. The summed E-state index contributed by atoms with van der Waals surface area (Å²) in [5.74, 6) is 7.15. The normalized spacial score (nSPS) is 9.45. The van der Waals surface area contributed by atoms with Gasteiger partial charge in [-0.05, 0) is 31.2 Å². The molecule has 0 unspecified atom stereocenters. The molecule has 0 aliphatic carbocycles. The Balaban J connectivity index is 2.12. The van der Waals surface area contributed by atoms with E-state index in [-0.39, 0.29) is 0 Å². The fourth-order valence-corrected chi connectivity index (χ4v) is 1.69. The first kappa shape index (κ1) is 14.0. The van der Waals surface area contributed by atoms with Crippen LogP contribution >= 0.6 is 0 Å². The molecule has 2 aromatic rings. The maximum atomic E-state index is 5.77. The Bertz CT molecular complexity index is 630. The average molecular weight is 262 g/mol. The van der Waals surface area contributed by atoms with Crippen molar-refractivity contribution in [2.45, 2.75) is 13.3 Å². The molecule has 0 saturated heterocycles. The van der Waals surface area contributed by atoms with Gasteiger partial charge in [-0.3, -0.25) is 0 Å². The summed E-state index contributed by atoms with van der Waals surface area (Å²) >= 11 is 0. The molecule has 0 aromatic heterocycles. The maximum Gasteiger partial charge on any atom is 0.134 e. The van der Waals surface area contributed by atoms with Crippen LogP contribution in [0.15, 0.2) is 66.7 Å². The zero-order chi connectivity index (χ0) is 14.2. The van der Waals surface area contributed by atoms with Gasteiger partial charge in [0.1, 0.15) is 5.75 Å². The second-order valence-corrected chi connectivity index (χ2v) is 4.67. The van der Waals surface area contributed by atoms with Gasteiger partial charge < -0.3 is 4.74 Å². The Morgan fingerprint density at radius 2 is 1.70 bits per heavy atom. The van der Waals surface area contributed by atoms with Gasteiger partial charge in [0, 0.05) is 12.0 Å². The molecule has 100 valence electrons. The van der Waals surface area contributed by atoms with Crippen molar-refractivity contribution < 1.29 is 4.74 Å². The lowest BCUT2D eigenvalue weighted by atomic mass is 10.1. The van der Waals surface area contributed by atoms with Crippen molar-refractivity contribution in [3.8, 4) is 17.6 Å². The van der Waals surface area contributed by atoms with E-state index in [9.17, 15) is 0 Å². The summed E-state index contributed by atoms with van der Waals surface area (Å²) in [4.78, 5) is 0. The number of benzene rings is 2. The third kappa shape index (κ3) is 4.33. The zero-order valence-corrected chi connectivity index (χ0v) is 11.7. The molecule has 0 atom stereocenters. The molecule has 2 aromatic carbocycles. The van der Waals surface area contributed by atoms with Crippen LogP contribution in [0.1, 0.15) is 24.5 Å². The van der Waals surface area contributed by atoms with Crippen molar-refractivity contribution in [2.24, 2.45) is 0 Å².